The van der Waals surface area contributed by atoms with Crippen LogP contribution >= 0.6 is 45.9 Å². The Kier molecular flexibility index (Phi) is 6.22. The Labute approximate surface area is 184 Å². The Morgan fingerprint density at radius 3 is 1.85 bits per heavy atom. The van der Waals surface area contributed by atoms with Gasteiger partial charge in [0.15, 0.2) is 0 Å². The SMILES string of the molecule is C[N+]1(C)C2CCC1CC(CC(O)(c1ccc(Cl)s1)c1ccc(Cl)s1)C2.[Br-]. The molecule has 0 radical (unpaired) electrons. The molecule has 2 saturated heterocycles. The van der Waals surface area contributed by atoms with Crippen molar-refractivity contribution in [3.8, 4) is 0 Å². The number of aliphatic hydroxyl groups is 1. The second kappa shape index (κ2) is 7.66. The van der Waals surface area contributed by atoms with E-state index in [1.54, 1.807) is 0 Å². The molecule has 2 atom stereocenters. The van der Waals surface area contributed by atoms with Crippen LogP contribution in [0.2, 0.25) is 8.67 Å². The summed E-state index contributed by atoms with van der Waals surface area (Å²) >= 11 is 15.3. The van der Waals surface area contributed by atoms with E-state index in [-0.39, 0.29) is 17.0 Å². The fourth-order valence-corrected chi connectivity index (χ4v) is 7.35. The van der Waals surface area contributed by atoms with Gasteiger partial charge in [-0.15, -0.1) is 22.7 Å². The van der Waals surface area contributed by atoms with E-state index in [2.05, 4.69) is 14.1 Å². The highest BCUT2D eigenvalue weighted by molar-refractivity contribution is 7.17. The average Bonchev–Trinajstić information content (AvgIpc) is 3.18. The summed E-state index contributed by atoms with van der Waals surface area (Å²) in [4.78, 5) is 1.87. The van der Waals surface area contributed by atoms with Gasteiger partial charge in [-0.1, -0.05) is 23.2 Å². The molecule has 2 aromatic rings. The molecule has 2 bridgehead atoms. The zero-order valence-corrected chi connectivity index (χ0v) is 19.7. The van der Waals surface area contributed by atoms with Gasteiger partial charge in [0.05, 0.1) is 34.9 Å². The van der Waals surface area contributed by atoms with Crippen LogP contribution < -0.4 is 17.0 Å². The summed E-state index contributed by atoms with van der Waals surface area (Å²) in [5.74, 6) is 0.537. The summed E-state index contributed by atoms with van der Waals surface area (Å²) in [6, 6.07) is 9.16. The van der Waals surface area contributed by atoms with Crippen molar-refractivity contribution < 1.29 is 26.6 Å². The summed E-state index contributed by atoms with van der Waals surface area (Å²) in [6.45, 7) is 0. The van der Waals surface area contributed by atoms with E-state index in [1.807, 2.05) is 24.3 Å². The first-order valence-corrected chi connectivity index (χ1v) is 11.3. The predicted molar refractivity (Wildman–Crippen MR) is 108 cm³/mol. The number of piperidine rings is 1. The van der Waals surface area contributed by atoms with Crippen molar-refractivity contribution in [3.63, 3.8) is 0 Å². The van der Waals surface area contributed by atoms with Crippen molar-refractivity contribution in [2.24, 2.45) is 5.92 Å². The highest BCUT2D eigenvalue weighted by atomic mass is 79.9. The molecule has 144 valence electrons. The molecule has 2 fully saturated rings. The number of hydrogen-bond donors (Lipinski definition) is 1. The van der Waals surface area contributed by atoms with Crippen LogP contribution in [0.4, 0.5) is 0 Å². The van der Waals surface area contributed by atoms with Gasteiger partial charge in [-0.2, -0.15) is 0 Å². The summed E-state index contributed by atoms with van der Waals surface area (Å²) in [5, 5.41) is 11.8. The maximum atomic E-state index is 11.8. The maximum Gasteiger partial charge on any atom is 0.133 e. The minimum atomic E-state index is -0.978. The van der Waals surface area contributed by atoms with Crippen molar-refractivity contribution in [1.82, 2.24) is 0 Å². The van der Waals surface area contributed by atoms with Crippen LogP contribution in [-0.2, 0) is 5.60 Å². The smallest absolute Gasteiger partial charge is 0.133 e. The standard InChI is InChI=1S/C19H24Cl2NOS2.BrH/c1-22(2)13-3-4-14(22)10-12(9-13)11-19(23,15-5-7-17(20)24-15)16-6-8-18(21)25-16;/h5-8,12-14,23H,3-4,9-11H2,1-2H3;1H/q+1;/p-1. The van der Waals surface area contributed by atoms with Gasteiger partial charge in [0, 0.05) is 35.4 Å². The number of halogens is 3. The molecule has 4 heterocycles. The zero-order valence-electron chi connectivity index (χ0n) is 14.9. The normalized spacial score (nSPS) is 27.3. The molecule has 1 N–H and O–H groups in total. The lowest BCUT2D eigenvalue weighted by molar-refractivity contribution is -0.931. The number of quaternary nitrogens is 1. The molecule has 0 aliphatic carbocycles. The number of hydrogen-bond acceptors (Lipinski definition) is 3. The number of nitrogens with zero attached hydrogens (tertiary/aromatic N) is 1. The molecule has 26 heavy (non-hydrogen) atoms. The molecule has 2 unspecified atom stereocenters. The Bertz CT molecular complexity index is 719. The van der Waals surface area contributed by atoms with E-state index in [9.17, 15) is 5.11 Å². The summed E-state index contributed by atoms with van der Waals surface area (Å²) in [7, 11) is 4.76. The van der Waals surface area contributed by atoms with Gasteiger partial charge in [-0.25, -0.2) is 0 Å². The van der Waals surface area contributed by atoms with Crippen LogP contribution in [0.1, 0.15) is 41.9 Å². The second-order valence-electron chi connectivity index (χ2n) is 8.12. The number of rotatable bonds is 4. The molecule has 2 nitrogen and oxygen atoms in total. The van der Waals surface area contributed by atoms with Crippen molar-refractivity contribution in [2.45, 2.75) is 49.8 Å². The molecule has 0 amide bonds. The third-order valence-electron chi connectivity index (χ3n) is 6.47. The van der Waals surface area contributed by atoms with Crippen molar-refractivity contribution in [3.05, 3.63) is 42.7 Å². The van der Waals surface area contributed by atoms with E-state index < -0.39 is 5.60 Å². The molecule has 0 saturated carbocycles. The molecular weight excluding hydrogens is 473 g/mol. The first kappa shape index (κ1) is 21.1. The number of fused-ring (bicyclic) bond motifs is 2. The lowest BCUT2D eigenvalue weighted by Crippen LogP contribution is -3.00. The Morgan fingerprint density at radius 1 is 1.00 bits per heavy atom. The lowest BCUT2D eigenvalue weighted by Gasteiger charge is -2.45. The quantitative estimate of drug-likeness (QED) is 0.645. The molecule has 2 aromatic heterocycles. The van der Waals surface area contributed by atoms with Crippen LogP contribution in [0.25, 0.3) is 0 Å². The molecule has 0 spiro atoms. The van der Waals surface area contributed by atoms with Crippen LogP contribution in [0.15, 0.2) is 24.3 Å². The highest BCUT2D eigenvalue weighted by Gasteiger charge is 2.50. The fourth-order valence-electron chi connectivity index (χ4n) is 4.97. The minimum absolute atomic E-state index is 0. The summed E-state index contributed by atoms with van der Waals surface area (Å²) < 4.78 is 2.60. The van der Waals surface area contributed by atoms with E-state index in [1.165, 1.54) is 48.4 Å². The van der Waals surface area contributed by atoms with Crippen LogP contribution in [0.3, 0.4) is 0 Å². The van der Waals surface area contributed by atoms with E-state index >= 15 is 0 Å². The lowest BCUT2D eigenvalue weighted by atomic mass is 9.79. The second-order valence-corrected chi connectivity index (χ2v) is 11.6. The Morgan fingerprint density at radius 2 is 1.46 bits per heavy atom. The van der Waals surface area contributed by atoms with E-state index in [0.29, 0.717) is 5.92 Å². The van der Waals surface area contributed by atoms with Crippen molar-refractivity contribution in [1.29, 1.82) is 0 Å². The van der Waals surface area contributed by atoms with Crippen LogP contribution in [0, 0.1) is 5.92 Å². The van der Waals surface area contributed by atoms with Gasteiger partial charge in [-0.3, -0.25) is 0 Å². The molecule has 0 aromatic carbocycles. The highest BCUT2D eigenvalue weighted by Crippen LogP contribution is 2.49. The molecule has 2 aliphatic heterocycles. The summed E-state index contributed by atoms with van der Waals surface area (Å²) in [5.41, 5.74) is -0.978. The Balaban J connectivity index is 0.00000196. The molecule has 4 rings (SSSR count). The summed E-state index contributed by atoms with van der Waals surface area (Å²) in [6.07, 6.45) is 5.80. The zero-order chi connectivity index (χ0) is 17.8. The first-order chi connectivity index (χ1) is 11.8. The maximum absolute atomic E-state index is 11.8. The third kappa shape index (κ3) is 3.66. The monoisotopic (exact) mass is 495 g/mol. The van der Waals surface area contributed by atoms with Gasteiger partial charge in [0.2, 0.25) is 0 Å². The third-order valence-corrected chi connectivity index (χ3v) is 9.24. The largest absolute Gasteiger partial charge is 1.00 e. The van der Waals surface area contributed by atoms with E-state index in [0.717, 1.165) is 41.4 Å². The minimum Gasteiger partial charge on any atom is -1.00 e. The van der Waals surface area contributed by atoms with E-state index in [4.69, 9.17) is 23.2 Å². The van der Waals surface area contributed by atoms with Crippen molar-refractivity contribution in [2.75, 3.05) is 14.1 Å². The van der Waals surface area contributed by atoms with Gasteiger partial charge in [0.1, 0.15) is 5.60 Å². The first-order valence-electron chi connectivity index (χ1n) is 8.86. The van der Waals surface area contributed by atoms with Gasteiger partial charge >= 0.3 is 0 Å². The van der Waals surface area contributed by atoms with Crippen LogP contribution in [-0.4, -0.2) is 35.8 Å². The van der Waals surface area contributed by atoms with Gasteiger partial charge in [-0.05, 0) is 36.6 Å². The molecular formula is C19H24BrCl2NOS2. The fraction of sp³-hybridized carbons (Fsp3) is 0.579. The van der Waals surface area contributed by atoms with Crippen molar-refractivity contribution >= 4 is 45.9 Å². The molecule has 7 heteroatoms. The Hall–Kier alpha value is 0.380. The molecule has 2 aliphatic rings. The number of thiophene rings is 2. The van der Waals surface area contributed by atoms with Crippen LogP contribution in [0.5, 0.6) is 0 Å². The average molecular weight is 497 g/mol. The van der Waals surface area contributed by atoms with Gasteiger partial charge in [0.25, 0.3) is 0 Å². The van der Waals surface area contributed by atoms with Gasteiger partial charge < -0.3 is 26.6 Å². The topological polar surface area (TPSA) is 20.2 Å². The predicted octanol–water partition coefficient (Wildman–Crippen LogP) is 2.76.